The van der Waals surface area contributed by atoms with Gasteiger partial charge in [0.2, 0.25) is 5.91 Å². The highest BCUT2D eigenvalue weighted by Crippen LogP contribution is 2.36. The zero-order chi connectivity index (χ0) is 11.5. The van der Waals surface area contributed by atoms with Crippen LogP contribution in [0.5, 0.6) is 0 Å². The predicted molar refractivity (Wildman–Crippen MR) is 67.2 cm³/mol. The summed E-state index contributed by atoms with van der Waals surface area (Å²) in [6.07, 6.45) is 5.75. The highest BCUT2D eigenvalue weighted by atomic mass is 79.9. The quantitative estimate of drug-likeness (QED) is 0.788. The zero-order valence-electron chi connectivity index (χ0n) is 10.0. The lowest BCUT2D eigenvalue weighted by Gasteiger charge is -2.35. The number of hydrogen-bond acceptors (Lipinski definition) is 1. The molecule has 1 aliphatic carbocycles. The van der Waals surface area contributed by atoms with Crippen LogP contribution in [0.2, 0.25) is 0 Å². The molecule has 3 heteroatoms. The SMILES string of the molecule is CC(C)(CBr)NC(=O)C1(C)CCCCC1. The first-order valence-electron chi connectivity index (χ1n) is 5.78. The van der Waals surface area contributed by atoms with E-state index in [0.29, 0.717) is 0 Å². The van der Waals surface area contributed by atoms with Crippen molar-refractivity contribution in [2.75, 3.05) is 5.33 Å². The minimum atomic E-state index is -0.141. The van der Waals surface area contributed by atoms with Crippen molar-refractivity contribution < 1.29 is 4.79 Å². The molecular formula is C12H22BrNO. The number of carbonyl (C=O) groups is 1. The molecule has 0 aliphatic heterocycles. The molecule has 1 amide bonds. The minimum Gasteiger partial charge on any atom is -0.350 e. The van der Waals surface area contributed by atoms with Crippen molar-refractivity contribution in [3.05, 3.63) is 0 Å². The van der Waals surface area contributed by atoms with Gasteiger partial charge in [-0.3, -0.25) is 4.79 Å². The smallest absolute Gasteiger partial charge is 0.226 e. The maximum atomic E-state index is 12.2. The monoisotopic (exact) mass is 275 g/mol. The fraction of sp³-hybridized carbons (Fsp3) is 0.917. The van der Waals surface area contributed by atoms with Gasteiger partial charge in [0.25, 0.3) is 0 Å². The third-order valence-corrected chi connectivity index (χ3v) is 4.69. The van der Waals surface area contributed by atoms with Crippen LogP contribution in [-0.4, -0.2) is 16.8 Å². The molecule has 1 aliphatic rings. The Labute approximate surface area is 101 Å². The summed E-state index contributed by atoms with van der Waals surface area (Å²) in [7, 11) is 0. The van der Waals surface area contributed by atoms with Gasteiger partial charge < -0.3 is 5.32 Å². The standard InChI is InChI=1S/C12H22BrNO/c1-11(2,9-13)14-10(15)12(3)7-5-4-6-8-12/h4-9H2,1-3H3,(H,14,15). The average Bonchev–Trinajstić information content (AvgIpc) is 2.18. The van der Waals surface area contributed by atoms with E-state index >= 15 is 0 Å². The van der Waals surface area contributed by atoms with Gasteiger partial charge in [0.05, 0.1) is 0 Å². The van der Waals surface area contributed by atoms with Gasteiger partial charge in [-0.1, -0.05) is 42.1 Å². The van der Waals surface area contributed by atoms with Crippen molar-refractivity contribution in [2.45, 2.75) is 58.4 Å². The Hall–Kier alpha value is -0.0500. The normalized spacial score (nSPS) is 21.1. The lowest BCUT2D eigenvalue weighted by atomic mass is 9.74. The van der Waals surface area contributed by atoms with Crippen LogP contribution >= 0.6 is 15.9 Å². The third kappa shape index (κ3) is 3.47. The Balaban J connectivity index is 2.59. The van der Waals surface area contributed by atoms with E-state index < -0.39 is 0 Å². The molecule has 1 saturated carbocycles. The van der Waals surface area contributed by atoms with Crippen LogP contribution in [0, 0.1) is 5.41 Å². The van der Waals surface area contributed by atoms with Crippen molar-refractivity contribution in [3.63, 3.8) is 0 Å². The first kappa shape index (κ1) is 13.0. The van der Waals surface area contributed by atoms with E-state index in [4.69, 9.17) is 0 Å². The summed E-state index contributed by atoms with van der Waals surface area (Å²) in [5, 5.41) is 3.92. The van der Waals surface area contributed by atoms with Crippen molar-refractivity contribution >= 4 is 21.8 Å². The molecule has 0 radical (unpaired) electrons. The summed E-state index contributed by atoms with van der Waals surface area (Å²) in [4.78, 5) is 12.2. The molecule has 0 aromatic carbocycles. The molecular weight excluding hydrogens is 254 g/mol. The van der Waals surface area contributed by atoms with E-state index in [0.717, 1.165) is 18.2 Å². The average molecular weight is 276 g/mol. The van der Waals surface area contributed by atoms with Gasteiger partial charge in [-0.2, -0.15) is 0 Å². The molecule has 1 N–H and O–H groups in total. The number of rotatable bonds is 3. The molecule has 1 rings (SSSR count). The van der Waals surface area contributed by atoms with Crippen molar-refractivity contribution in [2.24, 2.45) is 5.41 Å². The second kappa shape index (κ2) is 4.86. The largest absolute Gasteiger partial charge is 0.350 e. The van der Waals surface area contributed by atoms with E-state index in [-0.39, 0.29) is 16.9 Å². The Bertz CT molecular complexity index is 232. The summed E-state index contributed by atoms with van der Waals surface area (Å²) in [5.41, 5.74) is -0.269. The van der Waals surface area contributed by atoms with Gasteiger partial charge in [0.1, 0.15) is 0 Å². The highest BCUT2D eigenvalue weighted by Gasteiger charge is 2.36. The molecule has 0 saturated heterocycles. The summed E-state index contributed by atoms with van der Waals surface area (Å²) in [6, 6.07) is 0. The number of halogens is 1. The van der Waals surface area contributed by atoms with E-state index in [1.54, 1.807) is 0 Å². The van der Waals surface area contributed by atoms with E-state index in [2.05, 4.69) is 28.2 Å². The maximum Gasteiger partial charge on any atom is 0.226 e. The van der Waals surface area contributed by atoms with E-state index in [9.17, 15) is 4.79 Å². The third-order valence-electron chi connectivity index (χ3n) is 3.29. The molecule has 0 aromatic rings. The second-order valence-corrected chi connectivity index (χ2v) is 6.15. The first-order chi connectivity index (χ1) is 6.90. The molecule has 0 heterocycles. The molecule has 0 bridgehead atoms. The van der Waals surface area contributed by atoms with Crippen LogP contribution in [0.3, 0.4) is 0 Å². The van der Waals surface area contributed by atoms with Gasteiger partial charge in [0.15, 0.2) is 0 Å². The number of nitrogens with one attached hydrogen (secondary N) is 1. The topological polar surface area (TPSA) is 29.1 Å². The molecule has 1 fully saturated rings. The number of carbonyl (C=O) groups excluding carboxylic acids is 1. The van der Waals surface area contributed by atoms with Gasteiger partial charge in [-0.25, -0.2) is 0 Å². The number of amides is 1. The molecule has 2 nitrogen and oxygen atoms in total. The summed E-state index contributed by atoms with van der Waals surface area (Å²) in [5.74, 6) is 0.228. The van der Waals surface area contributed by atoms with Crippen molar-refractivity contribution in [1.29, 1.82) is 0 Å². The van der Waals surface area contributed by atoms with Crippen LogP contribution in [-0.2, 0) is 4.79 Å². The molecule has 88 valence electrons. The lowest BCUT2D eigenvalue weighted by Crippen LogP contribution is -2.51. The Kier molecular flexibility index (Phi) is 4.21. The summed E-state index contributed by atoms with van der Waals surface area (Å²) >= 11 is 3.43. The lowest BCUT2D eigenvalue weighted by molar-refractivity contribution is -0.133. The van der Waals surface area contributed by atoms with Crippen molar-refractivity contribution in [3.8, 4) is 0 Å². The first-order valence-corrected chi connectivity index (χ1v) is 6.90. The van der Waals surface area contributed by atoms with Crippen LogP contribution in [0.4, 0.5) is 0 Å². The molecule has 0 aromatic heterocycles. The van der Waals surface area contributed by atoms with E-state index in [1.165, 1.54) is 19.3 Å². The van der Waals surface area contributed by atoms with Crippen molar-refractivity contribution in [1.82, 2.24) is 5.32 Å². The number of hydrogen-bond donors (Lipinski definition) is 1. The van der Waals surface area contributed by atoms with Crippen LogP contribution in [0.1, 0.15) is 52.9 Å². The fourth-order valence-electron chi connectivity index (χ4n) is 2.05. The predicted octanol–water partition coefficient (Wildman–Crippen LogP) is 3.25. The summed E-state index contributed by atoms with van der Waals surface area (Å²) in [6.45, 7) is 6.20. The fourth-order valence-corrected chi connectivity index (χ4v) is 2.19. The Morgan fingerprint density at radius 1 is 1.33 bits per heavy atom. The Morgan fingerprint density at radius 3 is 2.33 bits per heavy atom. The van der Waals surface area contributed by atoms with Gasteiger partial charge in [-0.05, 0) is 26.7 Å². The molecule has 0 unspecified atom stereocenters. The number of alkyl halides is 1. The second-order valence-electron chi connectivity index (χ2n) is 5.59. The van der Waals surface area contributed by atoms with Gasteiger partial charge >= 0.3 is 0 Å². The highest BCUT2D eigenvalue weighted by molar-refractivity contribution is 9.09. The van der Waals surface area contributed by atoms with Gasteiger partial charge in [-0.15, -0.1) is 0 Å². The zero-order valence-corrected chi connectivity index (χ0v) is 11.6. The van der Waals surface area contributed by atoms with Gasteiger partial charge in [0, 0.05) is 16.3 Å². The maximum absolute atomic E-state index is 12.2. The molecule has 0 spiro atoms. The van der Waals surface area contributed by atoms with E-state index in [1.807, 2.05) is 13.8 Å². The molecule has 0 atom stereocenters. The van der Waals surface area contributed by atoms with Crippen LogP contribution < -0.4 is 5.32 Å². The van der Waals surface area contributed by atoms with Crippen LogP contribution in [0.15, 0.2) is 0 Å². The Morgan fingerprint density at radius 2 is 1.87 bits per heavy atom. The summed E-state index contributed by atoms with van der Waals surface area (Å²) < 4.78 is 0. The molecule has 15 heavy (non-hydrogen) atoms. The van der Waals surface area contributed by atoms with Crippen LogP contribution in [0.25, 0.3) is 0 Å². The minimum absolute atomic E-state index is 0.127.